The van der Waals surface area contributed by atoms with Gasteiger partial charge in [-0.05, 0) is 60.0 Å². The van der Waals surface area contributed by atoms with E-state index in [0.29, 0.717) is 5.88 Å². The van der Waals surface area contributed by atoms with Crippen molar-refractivity contribution in [2.24, 2.45) is 4.99 Å². The van der Waals surface area contributed by atoms with Gasteiger partial charge in [0.2, 0.25) is 5.88 Å². The number of ether oxygens (including phenoxy) is 1. The Bertz CT molecular complexity index is 774. The molecule has 5 heteroatoms. The first-order valence-electron chi connectivity index (χ1n) is 8.25. The Morgan fingerprint density at radius 1 is 1.40 bits per heavy atom. The summed E-state index contributed by atoms with van der Waals surface area (Å²) in [6.07, 6.45) is 3.51. The number of pyridine rings is 1. The summed E-state index contributed by atoms with van der Waals surface area (Å²) < 4.78 is 6.85. The topological polar surface area (TPSA) is 37.7 Å². The van der Waals surface area contributed by atoms with Crippen molar-refractivity contribution >= 4 is 34.0 Å². The van der Waals surface area contributed by atoms with Crippen LogP contribution in [0.3, 0.4) is 0 Å². The lowest BCUT2D eigenvalue weighted by atomic mass is 10.1. The van der Waals surface area contributed by atoms with E-state index in [0.717, 1.165) is 33.5 Å². The van der Waals surface area contributed by atoms with E-state index in [2.05, 4.69) is 45.5 Å². The van der Waals surface area contributed by atoms with Crippen LogP contribution in [0.1, 0.15) is 36.8 Å². The molecule has 1 heterocycles. The number of rotatable bonds is 7. The van der Waals surface area contributed by atoms with Crippen LogP contribution in [0, 0.1) is 6.92 Å². The zero-order chi connectivity index (χ0) is 18.4. The highest BCUT2D eigenvalue weighted by Crippen LogP contribution is 2.32. The van der Waals surface area contributed by atoms with Crippen molar-refractivity contribution in [3.63, 3.8) is 0 Å². The fourth-order valence-electron chi connectivity index (χ4n) is 2.18. The maximum atomic E-state index is 6.06. The van der Waals surface area contributed by atoms with Crippen LogP contribution >= 0.6 is 15.9 Å². The van der Waals surface area contributed by atoms with Crippen LogP contribution in [0.5, 0.6) is 5.88 Å². The predicted molar refractivity (Wildman–Crippen MR) is 109 cm³/mol. The van der Waals surface area contributed by atoms with Gasteiger partial charge in [-0.25, -0.2) is 9.98 Å². The summed E-state index contributed by atoms with van der Waals surface area (Å²) in [5.74, 6) is 0.566. The highest BCUT2D eigenvalue weighted by Gasteiger charge is 2.13. The SMILES string of the molecule is C=Cc1cccc(C(C)Oc2nc(C)c(N=CN(C)CC)cc2Br)c1. The van der Waals surface area contributed by atoms with E-state index < -0.39 is 0 Å². The maximum absolute atomic E-state index is 6.06. The largest absolute Gasteiger partial charge is 0.469 e. The summed E-state index contributed by atoms with van der Waals surface area (Å²) in [4.78, 5) is 11.0. The van der Waals surface area contributed by atoms with Crippen molar-refractivity contribution < 1.29 is 4.74 Å². The lowest BCUT2D eigenvalue weighted by Gasteiger charge is -2.17. The van der Waals surface area contributed by atoms with Gasteiger partial charge in [-0.1, -0.05) is 30.9 Å². The van der Waals surface area contributed by atoms with Crippen molar-refractivity contribution in [1.29, 1.82) is 0 Å². The quantitative estimate of drug-likeness (QED) is 0.450. The Kier molecular flexibility index (Phi) is 6.76. The summed E-state index contributed by atoms with van der Waals surface area (Å²) in [6, 6.07) is 10.1. The second-order valence-corrected chi connectivity index (χ2v) is 6.69. The van der Waals surface area contributed by atoms with Crippen LogP contribution in [0.25, 0.3) is 6.08 Å². The lowest BCUT2D eigenvalue weighted by molar-refractivity contribution is 0.215. The third-order valence-electron chi connectivity index (χ3n) is 3.90. The van der Waals surface area contributed by atoms with Gasteiger partial charge in [-0.3, -0.25) is 0 Å². The molecular formula is C20H24BrN3O. The third-order valence-corrected chi connectivity index (χ3v) is 4.47. The zero-order valence-corrected chi connectivity index (χ0v) is 16.7. The highest BCUT2D eigenvalue weighted by atomic mass is 79.9. The van der Waals surface area contributed by atoms with Crippen molar-refractivity contribution in [2.45, 2.75) is 26.9 Å². The van der Waals surface area contributed by atoms with Crippen molar-refractivity contribution in [3.05, 3.63) is 58.2 Å². The van der Waals surface area contributed by atoms with E-state index >= 15 is 0 Å². The zero-order valence-electron chi connectivity index (χ0n) is 15.2. The highest BCUT2D eigenvalue weighted by molar-refractivity contribution is 9.10. The first-order chi connectivity index (χ1) is 11.9. The van der Waals surface area contributed by atoms with Crippen LogP contribution in [0.4, 0.5) is 5.69 Å². The van der Waals surface area contributed by atoms with Gasteiger partial charge < -0.3 is 9.64 Å². The monoisotopic (exact) mass is 401 g/mol. The molecule has 2 rings (SSSR count). The second-order valence-electron chi connectivity index (χ2n) is 5.83. The summed E-state index contributed by atoms with van der Waals surface area (Å²) in [6.45, 7) is 10.7. The number of hydrogen-bond acceptors (Lipinski definition) is 3. The Morgan fingerprint density at radius 2 is 2.16 bits per heavy atom. The summed E-state index contributed by atoms with van der Waals surface area (Å²) in [7, 11) is 1.98. The number of nitrogens with zero attached hydrogens (tertiary/aromatic N) is 3. The van der Waals surface area contributed by atoms with Crippen LogP contribution < -0.4 is 4.74 Å². The van der Waals surface area contributed by atoms with Gasteiger partial charge in [0.15, 0.2) is 0 Å². The van der Waals surface area contributed by atoms with Gasteiger partial charge in [0.05, 0.1) is 22.2 Å². The van der Waals surface area contributed by atoms with Crippen LogP contribution in [0.2, 0.25) is 0 Å². The minimum atomic E-state index is -0.122. The molecule has 0 saturated carbocycles. The van der Waals surface area contributed by atoms with Gasteiger partial charge in [-0.2, -0.15) is 0 Å². The average Bonchev–Trinajstić information content (AvgIpc) is 2.62. The standard InChI is InChI=1S/C20H24BrN3O/c1-6-16-9-8-10-17(11-16)15(4)25-20-18(21)12-19(14(3)23-20)22-13-24(5)7-2/h6,8-13,15H,1,7H2,2-5H3. The summed E-state index contributed by atoms with van der Waals surface area (Å²) in [5, 5.41) is 0. The fourth-order valence-corrected chi connectivity index (χ4v) is 2.58. The minimum absolute atomic E-state index is 0.122. The molecule has 25 heavy (non-hydrogen) atoms. The number of benzene rings is 1. The van der Waals surface area contributed by atoms with Gasteiger partial charge in [0.1, 0.15) is 6.10 Å². The van der Waals surface area contributed by atoms with E-state index in [1.165, 1.54) is 0 Å². The van der Waals surface area contributed by atoms with E-state index in [1.807, 2.05) is 56.1 Å². The van der Waals surface area contributed by atoms with Crippen LogP contribution in [-0.4, -0.2) is 29.8 Å². The van der Waals surface area contributed by atoms with Crippen molar-refractivity contribution in [2.75, 3.05) is 13.6 Å². The molecule has 0 aliphatic heterocycles. The molecule has 0 amide bonds. The van der Waals surface area contributed by atoms with Gasteiger partial charge >= 0.3 is 0 Å². The molecule has 0 saturated heterocycles. The molecule has 0 aliphatic carbocycles. The van der Waals surface area contributed by atoms with E-state index in [4.69, 9.17) is 4.74 Å². The summed E-state index contributed by atoms with van der Waals surface area (Å²) >= 11 is 3.54. The number of aliphatic imine (C=N–C) groups is 1. The second kappa shape index (κ2) is 8.81. The molecule has 4 nitrogen and oxygen atoms in total. The number of hydrogen-bond donors (Lipinski definition) is 0. The van der Waals surface area contributed by atoms with Crippen molar-refractivity contribution in [3.8, 4) is 5.88 Å². The molecule has 0 bridgehead atoms. The Balaban J connectivity index is 2.20. The molecule has 0 aliphatic rings. The number of aryl methyl sites for hydroxylation is 1. The normalized spacial score (nSPS) is 12.2. The smallest absolute Gasteiger partial charge is 0.228 e. The van der Waals surface area contributed by atoms with E-state index in [-0.39, 0.29) is 6.10 Å². The van der Waals surface area contributed by atoms with E-state index in [9.17, 15) is 0 Å². The molecule has 1 atom stereocenters. The molecule has 0 radical (unpaired) electrons. The van der Waals surface area contributed by atoms with Crippen LogP contribution in [-0.2, 0) is 0 Å². The molecule has 132 valence electrons. The first-order valence-corrected chi connectivity index (χ1v) is 9.04. The average molecular weight is 402 g/mol. The third kappa shape index (κ3) is 5.16. The molecular weight excluding hydrogens is 378 g/mol. The van der Waals surface area contributed by atoms with Crippen LogP contribution in [0.15, 0.2) is 46.4 Å². The molecule has 1 aromatic heterocycles. The predicted octanol–water partition coefficient (Wildman–Crippen LogP) is 5.55. The lowest BCUT2D eigenvalue weighted by Crippen LogP contribution is -2.14. The number of aromatic nitrogens is 1. The molecule has 2 aromatic rings. The molecule has 0 fully saturated rings. The molecule has 1 aromatic carbocycles. The Hall–Kier alpha value is -2.14. The minimum Gasteiger partial charge on any atom is -0.469 e. The Morgan fingerprint density at radius 3 is 2.84 bits per heavy atom. The molecule has 0 N–H and O–H groups in total. The summed E-state index contributed by atoms with van der Waals surface area (Å²) in [5.41, 5.74) is 3.79. The number of halogens is 1. The maximum Gasteiger partial charge on any atom is 0.228 e. The van der Waals surface area contributed by atoms with E-state index in [1.54, 1.807) is 6.34 Å². The first kappa shape index (κ1) is 19.2. The molecule has 1 unspecified atom stereocenters. The fraction of sp³-hybridized carbons (Fsp3) is 0.300. The van der Waals surface area contributed by atoms with Crippen molar-refractivity contribution in [1.82, 2.24) is 9.88 Å². The van der Waals surface area contributed by atoms with Gasteiger partial charge in [-0.15, -0.1) is 0 Å². The van der Waals surface area contributed by atoms with Gasteiger partial charge in [0, 0.05) is 13.6 Å². The van der Waals surface area contributed by atoms with Gasteiger partial charge in [0.25, 0.3) is 0 Å². The Labute approximate surface area is 158 Å². The molecule has 0 spiro atoms.